The van der Waals surface area contributed by atoms with Gasteiger partial charge in [0.1, 0.15) is 5.82 Å². The molecule has 5 heteroatoms. The number of benzene rings is 1. The Morgan fingerprint density at radius 2 is 1.86 bits per heavy atom. The summed E-state index contributed by atoms with van der Waals surface area (Å²) >= 11 is 0. The zero-order valence-corrected chi connectivity index (χ0v) is 12.9. The predicted molar refractivity (Wildman–Crippen MR) is 80.8 cm³/mol. The van der Waals surface area contributed by atoms with E-state index in [1.165, 1.54) is 12.1 Å². The van der Waals surface area contributed by atoms with Gasteiger partial charge in [-0.3, -0.25) is 0 Å². The monoisotopic (exact) mass is 304 g/mol. The molecule has 0 spiro atoms. The van der Waals surface area contributed by atoms with E-state index in [-0.39, 0.29) is 18.0 Å². The second kappa shape index (κ2) is 6.18. The van der Waals surface area contributed by atoms with Crippen molar-refractivity contribution in [2.24, 2.45) is 0 Å². The van der Waals surface area contributed by atoms with Crippen LogP contribution in [0.15, 0.2) is 43.0 Å². The highest BCUT2D eigenvalue weighted by Crippen LogP contribution is 2.34. The maximum absolute atomic E-state index is 13.0. The third-order valence-corrected chi connectivity index (χ3v) is 4.15. The van der Waals surface area contributed by atoms with Gasteiger partial charge in [-0.1, -0.05) is 12.1 Å². The van der Waals surface area contributed by atoms with Gasteiger partial charge in [0.25, 0.3) is 0 Å². The fourth-order valence-corrected chi connectivity index (χ4v) is 2.81. The van der Waals surface area contributed by atoms with Crippen molar-refractivity contribution in [1.82, 2.24) is 9.55 Å². The number of hydrogen-bond acceptors (Lipinski definition) is 3. The lowest BCUT2D eigenvalue weighted by Crippen LogP contribution is -2.36. The Hall–Kier alpha value is -1.72. The van der Waals surface area contributed by atoms with Gasteiger partial charge in [0.2, 0.25) is 0 Å². The van der Waals surface area contributed by atoms with Crippen LogP contribution in [-0.2, 0) is 22.4 Å². The van der Waals surface area contributed by atoms with Crippen LogP contribution in [0.3, 0.4) is 0 Å². The van der Waals surface area contributed by atoms with E-state index in [0.29, 0.717) is 13.0 Å². The Morgan fingerprint density at radius 3 is 2.45 bits per heavy atom. The van der Waals surface area contributed by atoms with Gasteiger partial charge in [-0.2, -0.15) is 0 Å². The highest BCUT2D eigenvalue weighted by molar-refractivity contribution is 5.16. The smallest absolute Gasteiger partial charge is 0.187 e. The standard InChI is InChI=1S/C17H21FN2O2/c1-13-14(2)22-17(21-13,11-20-10-9-19-12-20)8-7-15-3-5-16(18)6-4-15/h3-6,9-10,12-14H,7-8,11H2,1-2H3. The molecule has 2 heterocycles. The molecule has 22 heavy (non-hydrogen) atoms. The van der Waals surface area contributed by atoms with E-state index in [4.69, 9.17) is 9.47 Å². The molecule has 0 aliphatic carbocycles. The first-order valence-electron chi connectivity index (χ1n) is 7.62. The van der Waals surface area contributed by atoms with Crippen molar-refractivity contribution in [3.63, 3.8) is 0 Å². The van der Waals surface area contributed by atoms with Gasteiger partial charge in [0, 0.05) is 18.8 Å². The molecular formula is C17H21FN2O2. The predicted octanol–water partition coefficient (Wildman–Crippen LogP) is 3.18. The van der Waals surface area contributed by atoms with Crippen LogP contribution >= 0.6 is 0 Å². The summed E-state index contributed by atoms with van der Waals surface area (Å²) in [6.07, 6.45) is 7.00. The van der Waals surface area contributed by atoms with Crippen LogP contribution in [0.4, 0.5) is 4.39 Å². The van der Waals surface area contributed by atoms with Gasteiger partial charge in [-0.25, -0.2) is 9.37 Å². The second-order valence-electron chi connectivity index (χ2n) is 5.92. The summed E-state index contributed by atoms with van der Waals surface area (Å²) in [5.74, 6) is -0.874. The van der Waals surface area contributed by atoms with Crippen molar-refractivity contribution in [2.45, 2.75) is 51.2 Å². The van der Waals surface area contributed by atoms with Gasteiger partial charge in [0.05, 0.1) is 25.1 Å². The molecule has 118 valence electrons. The molecule has 1 aromatic carbocycles. The molecule has 0 amide bonds. The van der Waals surface area contributed by atoms with Crippen LogP contribution in [0.5, 0.6) is 0 Å². The number of aryl methyl sites for hydroxylation is 1. The molecular weight excluding hydrogens is 283 g/mol. The lowest BCUT2D eigenvalue weighted by molar-refractivity contribution is -0.186. The van der Waals surface area contributed by atoms with Gasteiger partial charge in [-0.05, 0) is 38.0 Å². The molecule has 2 aromatic rings. The Kier molecular flexibility index (Phi) is 4.27. The summed E-state index contributed by atoms with van der Waals surface area (Å²) in [5.41, 5.74) is 1.07. The quantitative estimate of drug-likeness (QED) is 0.851. The van der Waals surface area contributed by atoms with Crippen molar-refractivity contribution in [2.75, 3.05) is 0 Å². The van der Waals surface area contributed by atoms with E-state index in [1.807, 2.05) is 36.7 Å². The fraction of sp³-hybridized carbons (Fsp3) is 0.471. The molecule has 1 fully saturated rings. The number of aromatic nitrogens is 2. The number of halogens is 1. The van der Waals surface area contributed by atoms with E-state index in [0.717, 1.165) is 12.0 Å². The summed E-state index contributed by atoms with van der Waals surface area (Å²) in [7, 11) is 0. The lowest BCUT2D eigenvalue weighted by Gasteiger charge is -2.28. The number of hydrogen-bond donors (Lipinski definition) is 0. The average Bonchev–Trinajstić information content (AvgIpc) is 3.08. The Morgan fingerprint density at radius 1 is 1.18 bits per heavy atom. The van der Waals surface area contributed by atoms with Crippen molar-refractivity contribution < 1.29 is 13.9 Å². The lowest BCUT2D eigenvalue weighted by atomic mass is 10.0. The molecule has 0 bridgehead atoms. The molecule has 1 saturated heterocycles. The van der Waals surface area contributed by atoms with Crippen LogP contribution in [0.1, 0.15) is 25.8 Å². The van der Waals surface area contributed by atoms with E-state index in [9.17, 15) is 4.39 Å². The third kappa shape index (κ3) is 3.36. The minimum atomic E-state index is -0.659. The van der Waals surface area contributed by atoms with Crippen molar-refractivity contribution in [3.8, 4) is 0 Å². The summed E-state index contributed by atoms with van der Waals surface area (Å²) in [4.78, 5) is 4.07. The van der Waals surface area contributed by atoms with Crippen molar-refractivity contribution in [3.05, 3.63) is 54.4 Å². The zero-order chi connectivity index (χ0) is 15.6. The zero-order valence-electron chi connectivity index (χ0n) is 12.9. The molecule has 0 radical (unpaired) electrons. The molecule has 3 rings (SSSR count). The van der Waals surface area contributed by atoms with E-state index >= 15 is 0 Å². The van der Waals surface area contributed by atoms with Gasteiger partial charge in [0.15, 0.2) is 5.79 Å². The summed E-state index contributed by atoms with van der Waals surface area (Å²) in [6, 6.07) is 6.59. The molecule has 1 aromatic heterocycles. The SMILES string of the molecule is CC1OC(CCc2ccc(F)cc2)(Cn2ccnc2)OC1C. The molecule has 1 aliphatic heterocycles. The van der Waals surface area contributed by atoms with Crippen LogP contribution in [0, 0.1) is 5.82 Å². The topological polar surface area (TPSA) is 36.3 Å². The largest absolute Gasteiger partial charge is 0.342 e. The fourth-order valence-electron chi connectivity index (χ4n) is 2.81. The number of nitrogens with zero attached hydrogens (tertiary/aromatic N) is 2. The van der Waals surface area contributed by atoms with E-state index in [1.54, 1.807) is 12.5 Å². The summed E-state index contributed by atoms with van der Waals surface area (Å²) in [5, 5.41) is 0. The molecule has 0 saturated carbocycles. The Balaban J connectivity index is 1.72. The first-order valence-corrected chi connectivity index (χ1v) is 7.62. The molecule has 0 N–H and O–H groups in total. The first kappa shape index (κ1) is 15.2. The summed E-state index contributed by atoms with van der Waals surface area (Å²) in [6.45, 7) is 4.65. The number of ether oxygens (including phenoxy) is 2. The average molecular weight is 304 g/mol. The normalized spacial score (nSPS) is 28.1. The maximum Gasteiger partial charge on any atom is 0.187 e. The minimum Gasteiger partial charge on any atom is -0.342 e. The Bertz CT molecular complexity index is 588. The number of rotatable bonds is 5. The molecule has 1 aliphatic rings. The second-order valence-corrected chi connectivity index (χ2v) is 5.92. The summed E-state index contributed by atoms with van der Waals surface area (Å²) < 4.78 is 27.2. The molecule has 2 unspecified atom stereocenters. The highest BCUT2D eigenvalue weighted by Gasteiger charge is 2.43. The van der Waals surface area contributed by atoms with Crippen LogP contribution < -0.4 is 0 Å². The van der Waals surface area contributed by atoms with Crippen LogP contribution in [0.2, 0.25) is 0 Å². The van der Waals surface area contributed by atoms with Crippen LogP contribution in [-0.4, -0.2) is 27.5 Å². The van der Waals surface area contributed by atoms with E-state index < -0.39 is 5.79 Å². The maximum atomic E-state index is 13.0. The van der Waals surface area contributed by atoms with Gasteiger partial charge >= 0.3 is 0 Å². The highest BCUT2D eigenvalue weighted by atomic mass is 19.1. The van der Waals surface area contributed by atoms with Crippen molar-refractivity contribution >= 4 is 0 Å². The van der Waals surface area contributed by atoms with Gasteiger partial charge < -0.3 is 14.0 Å². The number of imidazole rings is 1. The van der Waals surface area contributed by atoms with Gasteiger partial charge in [-0.15, -0.1) is 0 Å². The van der Waals surface area contributed by atoms with E-state index in [2.05, 4.69) is 4.98 Å². The third-order valence-electron chi connectivity index (χ3n) is 4.15. The first-order chi connectivity index (χ1) is 10.6. The molecule has 2 atom stereocenters. The van der Waals surface area contributed by atoms with Crippen LogP contribution in [0.25, 0.3) is 0 Å². The Labute approximate surface area is 129 Å². The van der Waals surface area contributed by atoms with Crippen molar-refractivity contribution in [1.29, 1.82) is 0 Å². The minimum absolute atomic E-state index is 0.0525. The molecule has 4 nitrogen and oxygen atoms in total.